The van der Waals surface area contributed by atoms with Crippen LogP contribution in [-0.2, 0) is 30.5 Å². The Bertz CT molecular complexity index is 1430. The summed E-state index contributed by atoms with van der Waals surface area (Å²) < 4.78 is 12.2. The first-order chi connectivity index (χ1) is 20.1. The predicted octanol–water partition coefficient (Wildman–Crippen LogP) is 3.86. The topological polar surface area (TPSA) is 94.8 Å². The van der Waals surface area contributed by atoms with E-state index in [1.807, 2.05) is 6.07 Å². The van der Waals surface area contributed by atoms with Crippen molar-refractivity contribution in [2.24, 2.45) is 5.73 Å². The number of aryl methyl sites for hydroxylation is 3. The first-order valence-electron chi connectivity index (χ1n) is 14.6. The molecule has 1 aliphatic rings. The first-order valence-corrected chi connectivity index (χ1v) is 15.4. The van der Waals surface area contributed by atoms with Gasteiger partial charge in [-0.1, -0.05) is 48.5 Å². The Morgan fingerprint density at radius 1 is 0.902 bits per heavy atom. The third kappa shape index (κ3) is 8.06. The van der Waals surface area contributed by atoms with Gasteiger partial charge in [-0.05, 0) is 97.1 Å². The molecule has 0 amide bonds. The summed E-state index contributed by atoms with van der Waals surface area (Å²) in [7, 11) is 0. The highest BCUT2D eigenvalue weighted by Crippen LogP contribution is 2.30. The second kappa shape index (κ2) is 14.4. The average Bonchev–Trinajstić information content (AvgIpc) is 3.42. The van der Waals surface area contributed by atoms with Crippen molar-refractivity contribution in [3.63, 3.8) is 0 Å². The fourth-order valence-corrected chi connectivity index (χ4v) is 6.37. The summed E-state index contributed by atoms with van der Waals surface area (Å²) in [6.07, 6.45) is 3.98. The van der Waals surface area contributed by atoms with Gasteiger partial charge in [0.1, 0.15) is 11.6 Å². The normalized spacial score (nSPS) is 14.0. The molecule has 2 heterocycles. The summed E-state index contributed by atoms with van der Waals surface area (Å²) in [4.78, 5) is 15.9. The van der Waals surface area contributed by atoms with Gasteiger partial charge in [0.15, 0.2) is 0 Å². The van der Waals surface area contributed by atoms with Gasteiger partial charge in [-0.25, -0.2) is 0 Å². The summed E-state index contributed by atoms with van der Waals surface area (Å²) in [5.41, 5.74) is 10.4. The van der Waals surface area contributed by atoms with Crippen LogP contribution in [-0.4, -0.2) is 61.1 Å². The van der Waals surface area contributed by atoms with Gasteiger partial charge in [0.25, 0.3) is 0 Å². The molecule has 1 aliphatic heterocycles. The van der Waals surface area contributed by atoms with E-state index in [4.69, 9.17) is 14.8 Å². The van der Waals surface area contributed by atoms with Gasteiger partial charge in [-0.2, -0.15) is 4.37 Å². The molecule has 216 valence electrons. The van der Waals surface area contributed by atoms with Crippen molar-refractivity contribution in [1.82, 2.24) is 9.27 Å². The van der Waals surface area contributed by atoms with E-state index in [0.717, 1.165) is 81.1 Å². The smallest absolute Gasteiger partial charge is 0.150 e. The Balaban J connectivity index is 1.09. The van der Waals surface area contributed by atoms with E-state index < -0.39 is 5.97 Å². The zero-order valence-electron chi connectivity index (χ0n) is 23.6. The van der Waals surface area contributed by atoms with Crippen molar-refractivity contribution >= 4 is 33.4 Å². The molecule has 7 nitrogen and oxygen atoms in total. The lowest BCUT2D eigenvalue weighted by molar-refractivity contribution is -0.305. The van der Waals surface area contributed by atoms with Crippen LogP contribution in [0, 0.1) is 0 Å². The molecule has 1 saturated heterocycles. The van der Waals surface area contributed by atoms with Gasteiger partial charge in [-0.15, -0.1) is 0 Å². The highest BCUT2D eigenvalue weighted by atomic mass is 32.1. The van der Waals surface area contributed by atoms with E-state index in [1.165, 1.54) is 21.2 Å². The third-order valence-corrected chi connectivity index (χ3v) is 8.54. The number of aliphatic carboxylic acids is 1. The molecule has 8 heteroatoms. The molecule has 1 fully saturated rings. The number of anilines is 1. The van der Waals surface area contributed by atoms with Crippen molar-refractivity contribution in [3.8, 4) is 5.75 Å². The van der Waals surface area contributed by atoms with Crippen LogP contribution in [0.3, 0.4) is 0 Å². The largest absolute Gasteiger partial charge is 0.550 e. The highest BCUT2D eigenvalue weighted by molar-refractivity contribution is 7.13. The third-order valence-electron chi connectivity index (χ3n) is 7.73. The zero-order valence-corrected chi connectivity index (χ0v) is 24.4. The molecule has 41 heavy (non-hydrogen) atoms. The molecular formula is C33H39N4O3S-. The zero-order chi connectivity index (χ0) is 28.4. The molecule has 2 N–H and O–H groups in total. The summed E-state index contributed by atoms with van der Waals surface area (Å²) >= 11 is 1.58. The minimum atomic E-state index is -1.02. The molecule has 0 bridgehead atoms. The van der Waals surface area contributed by atoms with Crippen molar-refractivity contribution in [2.45, 2.75) is 38.5 Å². The molecule has 5 rings (SSSR count). The molecule has 0 radical (unpaired) electrons. The Morgan fingerprint density at radius 3 is 2.39 bits per heavy atom. The maximum Gasteiger partial charge on any atom is 0.150 e. The molecule has 0 saturated carbocycles. The second-order valence-electron chi connectivity index (χ2n) is 10.7. The number of nitrogens with two attached hydrogens (primary N) is 1. The van der Waals surface area contributed by atoms with Gasteiger partial charge < -0.3 is 25.3 Å². The van der Waals surface area contributed by atoms with E-state index in [2.05, 4.69) is 70.5 Å². The van der Waals surface area contributed by atoms with Gasteiger partial charge in [0.2, 0.25) is 0 Å². The van der Waals surface area contributed by atoms with Crippen LogP contribution in [0.2, 0.25) is 0 Å². The van der Waals surface area contributed by atoms with Crippen LogP contribution in [0.5, 0.6) is 5.75 Å². The van der Waals surface area contributed by atoms with E-state index >= 15 is 0 Å². The second-order valence-corrected chi connectivity index (χ2v) is 11.5. The molecular weight excluding hydrogens is 532 g/mol. The Kier molecular flexibility index (Phi) is 10.2. The standard InChI is InChI=1S/C33H40N4O3S/c34-15-14-27-23-25(22-26(24-27)11-13-32(38)39)10-12-28-6-1-3-8-30(28)40-21-5-16-36-17-19-37(20-18-36)33-29-7-2-4-9-31(29)41-35-33/h1-4,6-9,22-24H,5,10-21,34H2,(H,38,39)/p-1. The van der Waals surface area contributed by atoms with Crippen molar-refractivity contribution in [2.75, 3.05) is 50.8 Å². The number of aromatic nitrogens is 1. The van der Waals surface area contributed by atoms with Gasteiger partial charge in [0, 0.05) is 44.1 Å². The maximum absolute atomic E-state index is 11.0. The first kappa shape index (κ1) is 29.0. The molecule has 0 atom stereocenters. The Morgan fingerprint density at radius 2 is 1.61 bits per heavy atom. The van der Waals surface area contributed by atoms with Gasteiger partial charge in [0.05, 0.1) is 11.3 Å². The van der Waals surface area contributed by atoms with Crippen LogP contribution in [0.15, 0.2) is 66.7 Å². The summed E-state index contributed by atoms with van der Waals surface area (Å²) in [6.45, 7) is 6.35. The van der Waals surface area contributed by atoms with Crippen molar-refractivity contribution < 1.29 is 14.6 Å². The molecule has 4 aromatic rings. The monoisotopic (exact) mass is 571 g/mol. The SMILES string of the molecule is NCCc1cc(CCC(=O)[O-])cc(CCc2ccccc2OCCCN2CCN(c3nsc4ccccc34)CC2)c1. The number of hydrogen-bond acceptors (Lipinski definition) is 8. The van der Waals surface area contributed by atoms with Crippen LogP contribution in [0.4, 0.5) is 5.82 Å². The fraction of sp³-hybridized carbons (Fsp3) is 0.394. The number of carboxylic acid groups (broad SMARTS) is 1. The number of carboxylic acids is 1. The number of carbonyl (C=O) groups is 1. The lowest BCUT2D eigenvalue weighted by Gasteiger charge is -2.35. The number of rotatable bonds is 14. The van der Waals surface area contributed by atoms with E-state index in [9.17, 15) is 9.90 Å². The fourth-order valence-electron chi connectivity index (χ4n) is 5.57. The summed E-state index contributed by atoms with van der Waals surface area (Å²) in [5.74, 6) is 1.06. The van der Waals surface area contributed by atoms with Crippen LogP contribution < -0.4 is 20.5 Å². The number of para-hydroxylation sites is 1. The van der Waals surface area contributed by atoms with Crippen LogP contribution in [0.1, 0.15) is 35.1 Å². The Labute approximate surface area is 246 Å². The number of carbonyl (C=O) groups excluding carboxylic acids is 1. The number of ether oxygens (including phenoxy) is 1. The lowest BCUT2D eigenvalue weighted by atomic mass is 9.96. The van der Waals surface area contributed by atoms with E-state index in [1.54, 1.807) is 11.5 Å². The van der Waals surface area contributed by atoms with E-state index in [-0.39, 0.29) is 6.42 Å². The predicted molar refractivity (Wildman–Crippen MR) is 165 cm³/mol. The van der Waals surface area contributed by atoms with Crippen LogP contribution >= 0.6 is 11.5 Å². The summed E-state index contributed by atoms with van der Waals surface area (Å²) in [5, 5.41) is 12.2. The molecule has 1 aromatic heterocycles. The Hall–Kier alpha value is -3.46. The number of piperazine rings is 1. The maximum atomic E-state index is 11.0. The van der Waals surface area contributed by atoms with E-state index in [0.29, 0.717) is 19.6 Å². The molecule has 3 aromatic carbocycles. The minimum Gasteiger partial charge on any atom is -0.550 e. The highest BCUT2D eigenvalue weighted by Gasteiger charge is 2.20. The number of nitrogens with zero attached hydrogens (tertiary/aromatic N) is 3. The number of fused-ring (bicyclic) bond motifs is 1. The van der Waals surface area contributed by atoms with Gasteiger partial charge >= 0.3 is 0 Å². The molecule has 0 spiro atoms. The quantitative estimate of drug-likeness (QED) is 0.230. The van der Waals surface area contributed by atoms with Crippen molar-refractivity contribution in [1.29, 1.82) is 0 Å². The van der Waals surface area contributed by atoms with Crippen molar-refractivity contribution in [3.05, 3.63) is 89.0 Å². The lowest BCUT2D eigenvalue weighted by Crippen LogP contribution is -2.47. The minimum absolute atomic E-state index is 0.0286. The molecule has 0 aliphatic carbocycles. The number of benzene rings is 3. The molecule has 0 unspecified atom stereocenters. The summed E-state index contributed by atoms with van der Waals surface area (Å²) in [6, 6.07) is 23.1. The number of hydrogen-bond donors (Lipinski definition) is 1. The van der Waals surface area contributed by atoms with Crippen LogP contribution in [0.25, 0.3) is 10.1 Å². The van der Waals surface area contributed by atoms with Gasteiger partial charge in [-0.3, -0.25) is 4.90 Å². The average molecular weight is 572 g/mol.